The Morgan fingerprint density at radius 2 is 1.94 bits per heavy atom. The Hall–Kier alpha value is -0.750. The SMILES string of the molecule is CC1C(C(F)(F)F)C=C2CC(O)C(O)CN21. The summed E-state index contributed by atoms with van der Waals surface area (Å²) in [6.45, 7) is 1.56. The highest BCUT2D eigenvalue weighted by Crippen LogP contribution is 2.41. The average Bonchev–Trinajstić information content (AvgIpc) is 2.45. The maximum atomic E-state index is 12.6. The van der Waals surface area contributed by atoms with Crippen molar-refractivity contribution in [3.05, 3.63) is 11.8 Å². The molecule has 2 rings (SSSR count). The molecule has 2 aliphatic rings. The molecule has 0 radical (unpaired) electrons. The van der Waals surface area contributed by atoms with Crippen LogP contribution >= 0.6 is 0 Å². The number of nitrogens with zero attached hydrogens (tertiary/aromatic N) is 1. The number of hydrogen-bond acceptors (Lipinski definition) is 3. The van der Waals surface area contributed by atoms with Crippen molar-refractivity contribution in [1.82, 2.24) is 4.90 Å². The lowest BCUT2D eigenvalue weighted by Gasteiger charge is -2.38. The van der Waals surface area contributed by atoms with E-state index in [-0.39, 0.29) is 13.0 Å². The zero-order valence-corrected chi connectivity index (χ0v) is 8.78. The summed E-state index contributed by atoms with van der Waals surface area (Å²) in [6, 6.07) is -0.697. The normalized spacial score (nSPS) is 39.6. The predicted octanol–water partition coefficient (Wildman–Crippen LogP) is 0.878. The quantitative estimate of drug-likeness (QED) is 0.657. The molecule has 0 spiro atoms. The van der Waals surface area contributed by atoms with Gasteiger partial charge >= 0.3 is 6.18 Å². The third kappa shape index (κ3) is 1.80. The van der Waals surface area contributed by atoms with Crippen molar-refractivity contribution in [2.75, 3.05) is 6.54 Å². The van der Waals surface area contributed by atoms with E-state index in [1.54, 1.807) is 0 Å². The first-order valence-electron chi connectivity index (χ1n) is 5.21. The first-order valence-corrected chi connectivity index (χ1v) is 5.21. The Labute approximate surface area is 91.2 Å². The molecule has 2 N–H and O–H groups in total. The van der Waals surface area contributed by atoms with Crippen molar-refractivity contribution >= 4 is 0 Å². The van der Waals surface area contributed by atoms with Crippen molar-refractivity contribution in [3.63, 3.8) is 0 Å². The highest BCUT2D eigenvalue weighted by Gasteiger charge is 2.49. The lowest BCUT2D eigenvalue weighted by Crippen LogP contribution is -2.48. The van der Waals surface area contributed by atoms with Gasteiger partial charge in [0.1, 0.15) is 0 Å². The minimum Gasteiger partial charge on any atom is -0.390 e. The summed E-state index contributed by atoms with van der Waals surface area (Å²) in [7, 11) is 0. The van der Waals surface area contributed by atoms with Gasteiger partial charge in [-0.3, -0.25) is 0 Å². The Bertz CT molecular complexity index is 316. The third-order valence-electron chi connectivity index (χ3n) is 3.38. The van der Waals surface area contributed by atoms with Crippen LogP contribution in [0.2, 0.25) is 0 Å². The molecular formula is C10H14F3NO2. The fraction of sp³-hybridized carbons (Fsp3) is 0.800. The zero-order chi connectivity index (χ0) is 12.1. The van der Waals surface area contributed by atoms with Gasteiger partial charge in [0.15, 0.2) is 0 Å². The van der Waals surface area contributed by atoms with E-state index >= 15 is 0 Å². The molecule has 4 atom stereocenters. The highest BCUT2D eigenvalue weighted by molar-refractivity contribution is 5.20. The number of aliphatic hydroxyl groups is 2. The van der Waals surface area contributed by atoms with Crippen LogP contribution in [0.4, 0.5) is 13.2 Å². The largest absolute Gasteiger partial charge is 0.397 e. The molecule has 92 valence electrons. The topological polar surface area (TPSA) is 43.7 Å². The molecular weight excluding hydrogens is 223 g/mol. The number of aliphatic hydroxyl groups excluding tert-OH is 2. The summed E-state index contributed by atoms with van der Waals surface area (Å²) in [5.41, 5.74) is 0.493. The summed E-state index contributed by atoms with van der Waals surface area (Å²) >= 11 is 0. The van der Waals surface area contributed by atoms with Gasteiger partial charge in [0, 0.05) is 24.7 Å². The van der Waals surface area contributed by atoms with Crippen molar-refractivity contribution in [3.8, 4) is 0 Å². The molecule has 2 heterocycles. The van der Waals surface area contributed by atoms with Crippen molar-refractivity contribution in [2.45, 2.75) is 37.8 Å². The maximum absolute atomic E-state index is 12.6. The van der Waals surface area contributed by atoms with E-state index in [0.717, 1.165) is 0 Å². The van der Waals surface area contributed by atoms with Crippen molar-refractivity contribution in [1.29, 1.82) is 0 Å². The van der Waals surface area contributed by atoms with Crippen LogP contribution in [0.25, 0.3) is 0 Å². The van der Waals surface area contributed by atoms with Crippen LogP contribution in [0.5, 0.6) is 0 Å². The van der Waals surface area contributed by atoms with E-state index in [1.807, 2.05) is 0 Å². The van der Waals surface area contributed by atoms with Crippen LogP contribution in [0.15, 0.2) is 11.8 Å². The van der Waals surface area contributed by atoms with Crippen LogP contribution in [0.1, 0.15) is 13.3 Å². The number of fused-ring (bicyclic) bond motifs is 1. The van der Waals surface area contributed by atoms with Crippen LogP contribution in [0.3, 0.4) is 0 Å². The third-order valence-corrected chi connectivity index (χ3v) is 3.38. The predicted molar refractivity (Wildman–Crippen MR) is 50.4 cm³/mol. The van der Waals surface area contributed by atoms with E-state index in [2.05, 4.69) is 0 Å². The number of alkyl halides is 3. The molecule has 1 saturated heterocycles. The van der Waals surface area contributed by atoms with Gasteiger partial charge in [0.05, 0.1) is 18.1 Å². The number of rotatable bonds is 0. The fourth-order valence-corrected chi connectivity index (χ4v) is 2.41. The number of halogens is 3. The molecule has 2 aliphatic heterocycles. The standard InChI is InChI=1S/C10H14F3NO2/c1-5-7(10(11,12)13)2-6-3-8(15)9(16)4-14(5)6/h2,5,7-9,15-16H,3-4H2,1H3. The summed E-state index contributed by atoms with van der Waals surface area (Å²) in [5, 5.41) is 18.8. The fourth-order valence-electron chi connectivity index (χ4n) is 2.41. The summed E-state index contributed by atoms with van der Waals surface area (Å²) in [5.74, 6) is -1.50. The summed E-state index contributed by atoms with van der Waals surface area (Å²) in [6.07, 6.45) is -4.93. The first kappa shape index (κ1) is 11.7. The Morgan fingerprint density at radius 1 is 1.31 bits per heavy atom. The maximum Gasteiger partial charge on any atom is 0.397 e. The zero-order valence-electron chi connectivity index (χ0n) is 8.78. The Balaban J connectivity index is 2.21. The first-order chi connectivity index (χ1) is 7.30. The van der Waals surface area contributed by atoms with Crippen LogP contribution in [-0.2, 0) is 0 Å². The molecule has 1 fully saturated rings. The van der Waals surface area contributed by atoms with Gasteiger partial charge in [-0.25, -0.2) is 0 Å². The van der Waals surface area contributed by atoms with E-state index in [1.165, 1.54) is 17.9 Å². The lowest BCUT2D eigenvalue weighted by molar-refractivity contribution is -0.171. The van der Waals surface area contributed by atoms with E-state index in [4.69, 9.17) is 0 Å². The molecule has 0 aromatic carbocycles. The van der Waals surface area contributed by atoms with Gasteiger partial charge < -0.3 is 15.1 Å². The van der Waals surface area contributed by atoms with Gasteiger partial charge in [0.25, 0.3) is 0 Å². The summed E-state index contributed by atoms with van der Waals surface area (Å²) in [4.78, 5) is 1.54. The molecule has 0 amide bonds. The smallest absolute Gasteiger partial charge is 0.390 e. The molecule has 0 aromatic heterocycles. The van der Waals surface area contributed by atoms with Gasteiger partial charge in [-0.15, -0.1) is 0 Å². The van der Waals surface area contributed by atoms with Gasteiger partial charge in [-0.05, 0) is 6.92 Å². The average molecular weight is 237 g/mol. The van der Waals surface area contributed by atoms with E-state index in [0.29, 0.717) is 5.70 Å². The molecule has 0 aliphatic carbocycles. The monoisotopic (exact) mass is 237 g/mol. The second kappa shape index (κ2) is 3.63. The van der Waals surface area contributed by atoms with Gasteiger partial charge in [0.2, 0.25) is 0 Å². The molecule has 0 saturated carbocycles. The minimum atomic E-state index is -4.26. The lowest BCUT2D eigenvalue weighted by atomic mass is 10.0. The molecule has 4 unspecified atom stereocenters. The van der Waals surface area contributed by atoms with Crippen LogP contribution in [-0.4, -0.2) is 46.1 Å². The van der Waals surface area contributed by atoms with Crippen LogP contribution in [0, 0.1) is 5.92 Å². The molecule has 6 heteroatoms. The van der Waals surface area contributed by atoms with Crippen LogP contribution < -0.4 is 0 Å². The number of hydrogen-bond donors (Lipinski definition) is 2. The second-order valence-corrected chi connectivity index (χ2v) is 4.46. The Morgan fingerprint density at radius 3 is 2.50 bits per heavy atom. The Kier molecular flexibility index (Phi) is 2.66. The molecule has 16 heavy (non-hydrogen) atoms. The second-order valence-electron chi connectivity index (χ2n) is 4.46. The highest BCUT2D eigenvalue weighted by atomic mass is 19.4. The van der Waals surface area contributed by atoms with E-state index in [9.17, 15) is 23.4 Å². The van der Waals surface area contributed by atoms with Crippen molar-refractivity contribution < 1.29 is 23.4 Å². The molecule has 0 bridgehead atoms. The van der Waals surface area contributed by atoms with Gasteiger partial charge in [-0.2, -0.15) is 13.2 Å². The molecule has 3 nitrogen and oxygen atoms in total. The van der Waals surface area contributed by atoms with Gasteiger partial charge in [-0.1, -0.05) is 6.08 Å². The minimum absolute atomic E-state index is 0.0702. The molecule has 0 aromatic rings. The number of piperidine rings is 1. The summed E-state index contributed by atoms with van der Waals surface area (Å²) < 4.78 is 37.9. The van der Waals surface area contributed by atoms with Crippen molar-refractivity contribution in [2.24, 2.45) is 5.92 Å². The van der Waals surface area contributed by atoms with E-state index < -0.39 is 30.3 Å².